The van der Waals surface area contributed by atoms with Gasteiger partial charge in [0.2, 0.25) is 0 Å². The fourth-order valence-corrected chi connectivity index (χ4v) is 5.39. The van der Waals surface area contributed by atoms with Crippen LogP contribution in [0.3, 0.4) is 0 Å². The lowest BCUT2D eigenvalue weighted by Crippen LogP contribution is -2.58. The summed E-state index contributed by atoms with van der Waals surface area (Å²) in [5, 5.41) is 8.79. The van der Waals surface area contributed by atoms with Crippen molar-refractivity contribution in [3.05, 3.63) is 76.9 Å². The molecule has 4 rings (SSSR count). The first-order valence-electron chi connectivity index (χ1n) is 12.5. The topological polar surface area (TPSA) is 72.9 Å². The number of rotatable bonds is 5. The van der Waals surface area contributed by atoms with E-state index in [1.54, 1.807) is 17.6 Å². The lowest BCUT2D eigenvalue weighted by Gasteiger charge is -2.44. The van der Waals surface area contributed by atoms with Crippen LogP contribution in [0, 0.1) is 5.41 Å². The van der Waals surface area contributed by atoms with Gasteiger partial charge in [0.25, 0.3) is 11.8 Å². The van der Waals surface area contributed by atoms with E-state index in [9.17, 15) is 9.59 Å². The highest BCUT2D eigenvalue weighted by Gasteiger charge is 2.33. The summed E-state index contributed by atoms with van der Waals surface area (Å²) >= 11 is 0. The van der Waals surface area contributed by atoms with Crippen molar-refractivity contribution in [2.45, 2.75) is 65.6 Å². The molecule has 1 fully saturated rings. The zero-order valence-corrected chi connectivity index (χ0v) is 21.3. The Balaban J connectivity index is 1.42. The Morgan fingerprint density at radius 2 is 1.71 bits per heavy atom. The number of amides is 2. The van der Waals surface area contributed by atoms with E-state index in [0.29, 0.717) is 11.0 Å². The zero-order chi connectivity index (χ0) is 25.2. The van der Waals surface area contributed by atoms with Crippen molar-refractivity contribution in [2.75, 3.05) is 13.1 Å². The van der Waals surface area contributed by atoms with Gasteiger partial charge in [0, 0.05) is 42.8 Å². The second-order valence-electron chi connectivity index (χ2n) is 10.9. The van der Waals surface area contributed by atoms with Gasteiger partial charge in [-0.25, -0.2) is 5.48 Å². The molecule has 6 heteroatoms. The van der Waals surface area contributed by atoms with Gasteiger partial charge >= 0.3 is 0 Å². The summed E-state index contributed by atoms with van der Waals surface area (Å²) in [5.74, 6) is -0.416. The Kier molecular flexibility index (Phi) is 7.43. The van der Waals surface area contributed by atoms with Crippen molar-refractivity contribution >= 4 is 17.4 Å². The number of hydrogen-bond acceptors (Lipinski definition) is 4. The van der Waals surface area contributed by atoms with Crippen molar-refractivity contribution < 1.29 is 14.8 Å². The molecule has 35 heavy (non-hydrogen) atoms. The number of carbonyl (C=O) groups is 2. The standard InChI is InChI=1S/C29H37N3O3/c1-20-17-31(19-22-8-10-24(11-9-22)27(33)30-35)18-21(2)32(20)28(34)26-7-5-6-25(16-26)23-12-14-29(3,4)15-13-23/h5-12,16,20-21,35H,13-15,17-19H2,1-4H3,(H,30,33)/t20-,21+. The minimum atomic E-state index is -0.515. The van der Waals surface area contributed by atoms with Crippen LogP contribution in [0.25, 0.3) is 5.57 Å². The summed E-state index contributed by atoms with van der Waals surface area (Å²) < 4.78 is 0. The number of carbonyl (C=O) groups excluding carboxylic acids is 2. The summed E-state index contributed by atoms with van der Waals surface area (Å²) in [6.45, 7) is 11.2. The van der Waals surface area contributed by atoms with Gasteiger partial charge in [-0.3, -0.25) is 19.7 Å². The third kappa shape index (κ3) is 5.82. The molecule has 0 unspecified atom stereocenters. The second kappa shape index (κ2) is 10.3. The van der Waals surface area contributed by atoms with E-state index in [-0.39, 0.29) is 18.0 Å². The highest BCUT2D eigenvalue weighted by Crippen LogP contribution is 2.38. The molecule has 2 N–H and O–H groups in total. The van der Waals surface area contributed by atoms with Crippen molar-refractivity contribution in [1.82, 2.24) is 15.3 Å². The lowest BCUT2D eigenvalue weighted by molar-refractivity contribution is 0.0268. The van der Waals surface area contributed by atoms with Gasteiger partial charge in [0.05, 0.1) is 0 Å². The number of benzene rings is 2. The third-order valence-corrected chi connectivity index (χ3v) is 7.41. The monoisotopic (exact) mass is 475 g/mol. The smallest absolute Gasteiger partial charge is 0.274 e. The number of nitrogens with zero attached hydrogens (tertiary/aromatic N) is 2. The Morgan fingerprint density at radius 1 is 1.03 bits per heavy atom. The van der Waals surface area contributed by atoms with E-state index in [1.165, 1.54) is 17.6 Å². The molecule has 2 amide bonds. The van der Waals surface area contributed by atoms with Gasteiger partial charge in [-0.05, 0) is 79.5 Å². The minimum Gasteiger partial charge on any atom is -0.331 e. The van der Waals surface area contributed by atoms with Gasteiger partial charge in [-0.2, -0.15) is 0 Å². The molecule has 0 radical (unpaired) electrons. The Morgan fingerprint density at radius 3 is 2.31 bits per heavy atom. The van der Waals surface area contributed by atoms with Crippen LogP contribution >= 0.6 is 0 Å². The second-order valence-corrected chi connectivity index (χ2v) is 10.9. The average molecular weight is 476 g/mol. The van der Waals surface area contributed by atoms with E-state index >= 15 is 0 Å². The quantitative estimate of drug-likeness (QED) is 0.464. The van der Waals surface area contributed by atoms with E-state index in [2.05, 4.69) is 50.8 Å². The van der Waals surface area contributed by atoms with Crippen LogP contribution in [0.2, 0.25) is 0 Å². The molecule has 2 atom stereocenters. The molecule has 1 aliphatic heterocycles. The Hall–Kier alpha value is -2.96. The van der Waals surface area contributed by atoms with Crippen molar-refractivity contribution in [2.24, 2.45) is 5.41 Å². The van der Waals surface area contributed by atoms with Crippen LogP contribution in [-0.4, -0.2) is 52.0 Å². The van der Waals surface area contributed by atoms with Crippen LogP contribution in [0.1, 0.15) is 78.8 Å². The summed E-state index contributed by atoms with van der Waals surface area (Å²) in [7, 11) is 0. The molecule has 2 aromatic rings. The molecule has 186 valence electrons. The summed E-state index contributed by atoms with van der Waals surface area (Å²) in [6.07, 6.45) is 5.65. The van der Waals surface area contributed by atoms with E-state index < -0.39 is 5.91 Å². The molecule has 2 aromatic carbocycles. The van der Waals surface area contributed by atoms with Crippen LogP contribution in [0.4, 0.5) is 0 Å². The molecule has 1 heterocycles. The summed E-state index contributed by atoms with van der Waals surface area (Å²) in [5.41, 5.74) is 6.82. The molecule has 2 aliphatic rings. The predicted octanol–water partition coefficient (Wildman–Crippen LogP) is 5.13. The molecular weight excluding hydrogens is 438 g/mol. The molecule has 0 aromatic heterocycles. The molecule has 1 saturated heterocycles. The van der Waals surface area contributed by atoms with E-state index in [1.807, 2.05) is 29.2 Å². The van der Waals surface area contributed by atoms with Crippen LogP contribution in [0.15, 0.2) is 54.6 Å². The van der Waals surface area contributed by atoms with Gasteiger partial charge in [0.15, 0.2) is 0 Å². The van der Waals surface area contributed by atoms with Gasteiger partial charge < -0.3 is 4.90 Å². The minimum absolute atomic E-state index is 0.0871. The molecular formula is C29H37N3O3. The van der Waals surface area contributed by atoms with Crippen molar-refractivity contribution in [3.8, 4) is 0 Å². The lowest BCUT2D eigenvalue weighted by atomic mass is 9.77. The van der Waals surface area contributed by atoms with Gasteiger partial charge in [-0.1, -0.05) is 44.2 Å². The first kappa shape index (κ1) is 25.1. The molecule has 6 nitrogen and oxygen atoms in total. The number of allylic oxidation sites excluding steroid dienone is 2. The molecule has 1 aliphatic carbocycles. The summed E-state index contributed by atoms with van der Waals surface area (Å²) in [6, 6.07) is 15.6. The largest absolute Gasteiger partial charge is 0.331 e. The fraction of sp³-hybridized carbons (Fsp3) is 0.448. The normalized spacial score (nSPS) is 22.4. The molecule has 0 spiro atoms. The first-order valence-corrected chi connectivity index (χ1v) is 12.5. The number of hydroxylamine groups is 1. The van der Waals surface area contributed by atoms with E-state index in [0.717, 1.165) is 43.6 Å². The fourth-order valence-electron chi connectivity index (χ4n) is 5.39. The van der Waals surface area contributed by atoms with Crippen LogP contribution < -0.4 is 5.48 Å². The Bertz CT molecular complexity index is 1090. The average Bonchev–Trinajstić information content (AvgIpc) is 2.83. The maximum Gasteiger partial charge on any atom is 0.274 e. The van der Waals surface area contributed by atoms with Crippen molar-refractivity contribution in [3.63, 3.8) is 0 Å². The molecule has 0 bridgehead atoms. The highest BCUT2D eigenvalue weighted by molar-refractivity contribution is 5.95. The first-order chi connectivity index (χ1) is 16.7. The number of nitrogens with one attached hydrogen (secondary N) is 1. The van der Waals surface area contributed by atoms with E-state index in [4.69, 9.17) is 5.21 Å². The Labute approximate surface area is 208 Å². The van der Waals surface area contributed by atoms with Crippen LogP contribution in [-0.2, 0) is 6.54 Å². The zero-order valence-electron chi connectivity index (χ0n) is 21.3. The van der Waals surface area contributed by atoms with Crippen LogP contribution in [0.5, 0.6) is 0 Å². The maximum absolute atomic E-state index is 13.6. The number of hydrogen-bond donors (Lipinski definition) is 2. The van der Waals surface area contributed by atoms with Gasteiger partial charge in [0.1, 0.15) is 0 Å². The molecule has 0 saturated carbocycles. The maximum atomic E-state index is 13.6. The summed E-state index contributed by atoms with van der Waals surface area (Å²) in [4.78, 5) is 29.5. The SMILES string of the molecule is C[C@@H]1CN(Cc2ccc(C(=O)NO)cc2)C[C@H](C)N1C(=O)c1cccc(C2=CCC(C)(C)CC2)c1. The highest BCUT2D eigenvalue weighted by atomic mass is 16.5. The van der Waals surface area contributed by atoms with Crippen molar-refractivity contribution in [1.29, 1.82) is 0 Å². The number of piperazine rings is 1. The van der Waals surface area contributed by atoms with Gasteiger partial charge in [-0.15, -0.1) is 0 Å². The third-order valence-electron chi connectivity index (χ3n) is 7.41. The predicted molar refractivity (Wildman–Crippen MR) is 138 cm³/mol.